The van der Waals surface area contributed by atoms with Crippen LogP contribution >= 0.6 is 11.6 Å². The zero-order chi connectivity index (χ0) is 17.3. The number of carbonyl (C=O) groups excluding carboxylic acids is 1. The van der Waals surface area contributed by atoms with Crippen LogP contribution in [0.5, 0.6) is 0 Å². The third kappa shape index (κ3) is 3.09. The summed E-state index contributed by atoms with van der Waals surface area (Å²) in [6, 6.07) is 11.3. The Hall–Kier alpha value is -2.86. The van der Waals surface area contributed by atoms with Gasteiger partial charge in [-0.3, -0.25) is 10.1 Å². The monoisotopic (exact) mass is 343 g/mol. The van der Waals surface area contributed by atoms with Crippen LogP contribution in [-0.2, 0) is 4.79 Å². The van der Waals surface area contributed by atoms with Crippen molar-refractivity contribution >= 4 is 34.2 Å². The van der Waals surface area contributed by atoms with Crippen molar-refractivity contribution in [1.82, 2.24) is 4.98 Å². The van der Waals surface area contributed by atoms with Gasteiger partial charge in [0.25, 0.3) is 5.69 Å². The number of nitrogens with one attached hydrogen (secondary N) is 1. The smallest absolute Gasteiger partial charge is 0.270 e. The molecule has 0 saturated heterocycles. The molecule has 0 spiro atoms. The predicted molar refractivity (Wildman–Crippen MR) is 87.9 cm³/mol. The summed E-state index contributed by atoms with van der Waals surface area (Å²) in [5, 5.41) is 23.3. The average Bonchev–Trinajstić information content (AvgIpc) is 2.95. The second-order valence-corrected chi connectivity index (χ2v) is 5.85. The number of aromatic amines is 1. The molecule has 0 bridgehead atoms. The zero-order valence-corrected chi connectivity index (χ0v) is 13.1. The third-order valence-electron chi connectivity index (χ3n) is 3.91. The molecule has 3 rings (SSSR count). The predicted octanol–water partition coefficient (Wildman–Crippen LogP) is 3.00. The van der Waals surface area contributed by atoms with E-state index in [9.17, 15) is 20.0 Å². The van der Waals surface area contributed by atoms with Crippen molar-refractivity contribution in [2.24, 2.45) is 0 Å². The topological polar surface area (TPSA) is 99.1 Å². The minimum atomic E-state index is -1.21. The van der Waals surface area contributed by atoms with E-state index in [-0.39, 0.29) is 12.1 Å². The Labute approximate surface area is 141 Å². The number of hydrogen-bond donors (Lipinski definition) is 1. The summed E-state index contributed by atoms with van der Waals surface area (Å²) in [5.74, 6) is -1.73. The van der Waals surface area contributed by atoms with Crippen molar-refractivity contribution in [3.63, 3.8) is 0 Å². The maximum absolute atomic E-state index is 11.2. The van der Waals surface area contributed by atoms with Gasteiger partial charge in [-0.05, 0) is 35.7 Å². The van der Waals surface area contributed by atoms with Gasteiger partial charge in [0.1, 0.15) is 0 Å². The van der Waals surface area contributed by atoms with Crippen molar-refractivity contribution in [3.8, 4) is 0 Å². The van der Waals surface area contributed by atoms with Gasteiger partial charge in [0.05, 0.1) is 4.92 Å². The quantitative estimate of drug-likeness (QED) is 0.568. The lowest BCUT2D eigenvalue weighted by Gasteiger charge is -2.18. The highest BCUT2D eigenvalue weighted by molar-refractivity contribution is 6.30. The number of carboxylic acid groups (broad SMARTS) is 1. The van der Waals surface area contributed by atoms with Gasteiger partial charge >= 0.3 is 0 Å². The van der Waals surface area contributed by atoms with Crippen LogP contribution in [0.1, 0.15) is 23.5 Å². The van der Waals surface area contributed by atoms with Gasteiger partial charge < -0.3 is 14.9 Å². The number of nitro benzene ring substituents is 1. The summed E-state index contributed by atoms with van der Waals surface area (Å²) >= 11 is 6.01. The minimum Gasteiger partial charge on any atom is -0.550 e. The number of aliphatic carboxylic acids is 1. The lowest BCUT2D eigenvalue weighted by molar-refractivity contribution is -0.384. The van der Waals surface area contributed by atoms with E-state index in [4.69, 9.17) is 11.6 Å². The fraction of sp³-hybridized carbons (Fsp3) is 0.118. The first-order chi connectivity index (χ1) is 11.5. The normalized spacial score (nSPS) is 12.2. The molecule has 1 N–H and O–H groups in total. The molecule has 6 nitrogen and oxygen atoms in total. The van der Waals surface area contributed by atoms with Gasteiger partial charge in [0, 0.05) is 46.1 Å². The maximum Gasteiger partial charge on any atom is 0.270 e. The fourth-order valence-corrected chi connectivity index (χ4v) is 3.03. The number of fused-ring (bicyclic) bond motifs is 1. The molecule has 0 unspecified atom stereocenters. The van der Waals surface area contributed by atoms with Crippen LogP contribution in [0.25, 0.3) is 10.9 Å². The molecular formula is C17H12ClN2O4-. The summed E-state index contributed by atoms with van der Waals surface area (Å²) in [4.78, 5) is 24.8. The lowest BCUT2D eigenvalue weighted by atomic mass is 9.88. The van der Waals surface area contributed by atoms with Crippen LogP contribution in [0.4, 0.5) is 5.69 Å². The minimum absolute atomic E-state index is 0.0540. The Morgan fingerprint density at radius 3 is 2.71 bits per heavy atom. The standard InChI is InChI=1S/C17H13ClN2O4/c18-11-3-1-2-10(6-11)13(8-17(21)22)15-9-19-16-5-4-12(20(23)24)7-14(15)16/h1-7,9,13,19H,8H2,(H,21,22)/p-1/t13-/m1/s1. The fourth-order valence-electron chi connectivity index (χ4n) is 2.83. The Morgan fingerprint density at radius 2 is 2.04 bits per heavy atom. The molecule has 0 aliphatic heterocycles. The first kappa shape index (κ1) is 16.0. The molecule has 7 heteroatoms. The summed E-state index contributed by atoms with van der Waals surface area (Å²) in [6.45, 7) is 0. The summed E-state index contributed by atoms with van der Waals surface area (Å²) < 4.78 is 0. The summed E-state index contributed by atoms with van der Waals surface area (Å²) in [6.07, 6.45) is 1.42. The third-order valence-corrected chi connectivity index (χ3v) is 4.14. The van der Waals surface area contributed by atoms with Crippen molar-refractivity contribution in [1.29, 1.82) is 0 Å². The number of rotatable bonds is 5. The molecule has 0 fully saturated rings. The van der Waals surface area contributed by atoms with E-state index in [0.29, 0.717) is 27.1 Å². The molecule has 0 amide bonds. The number of halogens is 1. The summed E-state index contributed by atoms with van der Waals surface area (Å²) in [7, 11) is 0. The number of nitrogens with zero attached hydrogens (tertiary/aromatic N) is 1. The van der Waals surface area contributed by atoms with Gasteiger partial charge in [-0.25, -0.2) is 0 Å². The van der Waals surface area contributed by atoms with Crippen LogP contribution < -0.4 is 5.11 Å². The number of non-ortho nitro benzene ring substituents is 1. The molecule has 0 saturated carbocycles. The highest BCUT2D eigenvalue weighted by Crippen LogP contribution is 2.35. The number of carbonyl (C=O) groups is 1. The molecule has 1 atom stereocenters. The Morgan fingerprint density at radius 1 is 1.25 bits per heavy atom. The van der Waals surface area contributed by atoms with Gasteiger partial charge in [-0.2, -0.15) is 0 Å². The van der Waals surface area contributed by atoms with Crippen molar-refractivity contribution < 1.29 is 14.8 Å². The Bertz CT molecular complexity index is 935. The SMILES string of the molecule is O=C([O-])C[C@H](c1cccc(Cl)c1)c1c[nH]c2ccc([N+](=O)[O-])cc12. The van der Waals surface area contributed by atoms with Gasteiger partial charge in [0.15, 0.2) is 0 Å². The first-order valence-corrected chi connectivity index (χ1v) is 7.54. The first-order valence-electron chi connectivity index (χ1n) is 7.16. The van der Waals surface area contributed by atoms with E-state index >= 15 is 0 Å². The maximum atomic E-state index is 11.2. The van der Waals surface area contributed by atoms with E-state index in [1.165, 1.54) is 12.1 Å². The number of benzene rings is 2. The number of hydrogen-bond acceptors (Lipinski definition) is 4. The second kappa shape index (κ2) is 6.33. The van der Waals surface area contributed by atoms with E-state index in [2.05, 4.69) is 4.98 Å². The van der Waals surface area contributed by atoms with Crippen LogP contribution in [0, 0.1) is 10.1 Å². The van der Waals surface area contributed by atoms with Crippen LogP contribution in [0.15, 0.2) is 48.7 Å². The second-order valence-electron chi connectivity index (χ2n) is 5.41. The van der Waals surface area contributed by atoms with E-state index in [1.807, 2.05) is 0 Å². The molecule has 0 aliphatic rings. The van der Waals surface area contributed by atoms with E-state index < -0.39 is 16.8 Å². The molecule has 24 heavy (non-hydrogen) atoms. The molecular weight excluding hydrogens is 332 g/mol. The molecule has 0 aliphatic carbocycles. The molecule has 3 aromatic rings. The number of H-pyrrole nitrogens is 1. The lowest BCUT2D eigenvalue weighted by Crippen LogP contribution is -2.24. The largest absolute Gasteiger partial charge is 0.550 e. The van der Waals surface area contributed by atoms with E-state index in [1.54, 1.807) is 36.5 Å². The number of carboxylic acids is 1. The van der Waals surface area contributed by atoms with Crippen molar-refractivity contribution in [2.45, 2.75) is 12.3 Å². The molecule has 0 radical (unpaired) electrons. The van der Waals surface area contributed by atoms with Crippen LogP contribution in [-0.4, -0.2) is 15.9 Å². The number of aromatic nitrogens is 1. The number of nitro groups is 1. The molecule has 122 valence electrons. The molecule has 2 aromatic carbocycles. The van der Waals surface area contributed by atoms with Gasteiger partial charge in [0.2, 0.25) is 0 Å². The molecule has 1 heterocycles. The van der Waals surface area contributed by atoms with Crippen molar-refractivity contribution in [3.05, 3.63) is 74.9 Å². The summed E-state index contributed by atoms with van der Waals surface area (Å²) in [5.41, 5.74) is 2.00. The van der Waals surface area contributed by atoms with Gasteiger partial charge in [-0.15, -0.1) is 0 Å². The highest BCUT2D eigenvalue weighted by atomic mass is 35.5. The van der Waals surface area contributed by atoms with Crippen LogP contribution in [0.2, 0.25) is 5.02 Å². The Balaban J connectivity index is 2.17. The van der Waals surface area contributed by atoms with E-state index in [0.717, 1.165) is 0 Å². The highest BCUT2D eigenvalue weighted by Gasteiger charge is 2.20. The zero-order valence-electron chi connectivity index (χ0n) is 12.4. The van der Waals surface area contributed by atoms with Crippen LogP contribution in [0.3, 0.4) is 0 Å². The average molecular weight is 344 g/mol. The van der Waals surface area contributed by atoms with Gasteiger partial charge in [-0.1, -0.05) is 23.7 Å². The molecule has 1 aromatic heterocycles. The van der Waals surface area contributed by atoms with Crippen molar-refractivity contribution in [2.75, 3.05) is 0 Å². The Kier molecular flexibility index (Phi) is 4.22.